The fourth-order valence-electron chi connectivity index (χ4n) is 1.21. The second-order valence-corrected chi connectivity index (χ2v) is 2.92. The Bertz CT molecular complexity index is 355. The van der Waals surface area contributed by atoms with Crippen LogP contribution in [0, 0.1) is 6.92 Å². The molecule has 84 valence electrons. The van der Waals surface area contributed by atoms with Gasteiger partial charge in [0.25, 0.3) is 0 Å². The first-order valence-electron chi connectivity index (χ1n) is 4.06. The average molecular weight is 264 g/mol. The first-order valence-corrected chi connectivity index (χ1v) is 4.06. The maximum atomic E-state index is 12.4. The summed E-state index contributed by atoms with van der Waals surface area (Å²) in [6.45, 7) is -7.23. The molecular weight excluding hydrogens is 257 g/mol. The van der Waals surface area contributed by atoms with E-state index >= 15 is 0 Å². The number of benzene rings is 1. The minimum absolute atomic E-state index is 0. The molecule has 0 aliphatic rings. The van der Waals surface area contributed by atoms with Gasteiger partial charge in [-0.25, -0.2) is 0 Å². The summed E-state index contributed by atoms with van der Waals surface area (Å²) in [6.07, 6.45) is 0. The van der Waals surface area contributed by atoms with E-state index < -0.39 is 24.8 Å². The van der Waals surface area contributed by atoms with Gasteiger partial charge in [-0.1, -0.05) is 12.1 Å². The zero-order valence-corrected chi connectivity index (χ0v) is 11.8. The topological polar surface area (TPSA) is 9.23 Å². The van der Waals surface area contributed by atoms with Crippen LogP contribution in [0.4, 0.5) is 21.7 Å². The van der Waals surface area contributed by atoms with Crippen LogP contribution in [0.15, 0.2) is 18.2 Å². The molecular formula is C8H7BF5KO. The van der Waals surface area contributed by atoms with Crippen molar-refractivity contribution in [3.8, 4) is 5.75 Å². The molecule has 0 N–H and O–H groups in total. The van der Waals surface area contributed by atoms with E-state index in [2.05, 4.69) is 4.74 Å². The van der Waals surface area contributed by atoms with Gasteiger partial charge in [-0.3, -0.25) is 0 Å². The minimum Gasteiger partial charge on any atom is -0.445 e. The molecule has 1 rings (SSSR count). The molecule has 0 aromatic heterocycles. The van der Waals surface area contributed by atoms with Crippen LogP contribution >= 0.6 is 0 Å². The average Bonchev–Trinajstić information content (AvgIpc) is 2.05. The number of ether oxygens (including phenoxy) is 1. The third-order valence-electron chi connectivity index (χ3n) is 1.89. The number of halogens is 5. The summed E-state index contributed by atoms with van der Waals surface area (Å²) in [7, 11) is 0. The van der Waals surface area contributed by atoms with Gasteiger partial charge in [-0.05, 0) is 18.6 Å². The van der Waals surface area contributed by atoms with Crippen molar-refractivity contribution in [2.45, 2.75) is 13.5 Å². The Morgan fingerprint density at radius 2 is 1.75 bits per heavy atom. The summed E-state index contributed by atoms with van der Waals surface area (Å²) in [5, 5.41) is 0. The molecule has 0 saturated carbocycles. The van der Waals surface area contributed by atoms with Crippen LogP contribution in [0.5, 0.6) is 5.75 Å². The first-order chi connectivity index (χ1) is 6.82. The molecule has 8 heteroatoms. The predicted molar refractivity (Wildman–Crippen MR) is 46.5 cm³/mol. The molecule has 0 bridgehead atoms. The summed E-state index contributed by atoms with van der Waals surface area (Å²) in [5.74, 6) is -0.443. The van der Waals surface area contributed by atoms with Gasteiger partial charge in [0.05, 0.1) is 0 Å². The smallest absolute Gasteiger partial charge is 0.445 e. The Hall–Kier alpha value is 0.371. The number of hydrogen-bond acceptors (Lipinski definition) is 1. The summed E-state index contributed by atoms with van der Waals surface area (Å²) in [4.78, 5) is 0. The number of alkyl halides is 2. The Morgan fingerprint density at radius 3 is 2.19 bits per heavy atom. The van der Waals surface area contributed by atoms with Crippen molar-refractivity contribution < 1.29 is 77.8 Å². The Labute approximate surface area is 132 Å². The molecule has 1 aromatic carbocycles. The van der Waals surface area contributed by atoms with Gasteiger partial charge in [0.2, 0.25) is 0 Å². The van der Waals surface area contributed by atoms with Crippen molar-refractivity contribution in [1.29, 1.82) is 0 Å². The van der Waals surface area contributed by atoms with Crippen molar-refractivity contribution in [1.82, 2.24) is 0 Å². The second-order valence-electron chi connectivity index (χ2n) is 2.92. The third-order valence-corrected chi connectivity index (χ3v) is 1.89. The second kappa shape index (κ2) is 6.34. The van der Waals surface area contributed by atoms with Gasteiger partial charge in [0.1, 0.15) is 5.75 Å². The van der Waals surface area contributed by atoms with Crippen LogP contribution in [0.1, 0.15) is 5.56 Å². The van der Waals surface area contributed by atoms with E-state index in [4.69, 9.17) is 0 Å². The monoisotopic (exact) mass is 264 g/mol. The molecule has 16 heavy (non-hydrogen) atoms. The van der Waals surface area contributed by atoms with Crippen LogP contribution < -0.4 is 61.6 Å². The van der Waals surface area contributed by atoms with Gasteiger partial charge in [-0.15, -0.1) is 5.46 Å². The van der Waals surface area contributed by atoms with Crippen molar-refractivity contribution in [3.63, 3.8) is 0 Å². The molecule has 1 nitrogen and oxygen atoms in total. The maximum Gasteiger partial charge on any atom is 1.00 e. The van der Waals surface area contributed by atoms with E-state index in [-0.39, 0.29) is 56.9 Å². The normalized spacial score (nSPS) is 11.2. The van der Waals surface area contributed by atoms with Gasteiger partial charge < -0.3 is 17.7 Å². The summed E-state index contributed by atoms with van der Waals surface area (Å²) in [6, 6.07) is 2.95. The third kappa shape index (κ3) is 4.33. The van der Waals surface area contributed by atoms with Crippen LogP contribution in [0.3, 0.4) is 0 Å². The van der Waals surface area contributed by atoms with E-state index in [1.165, 1.54) is 0 Å². The van der Waals surface area contributed by atoms with Crippen molar-refractivity contribution in [2.75, 3.05) is 0 Å². The molecule has 0 saturated heterocycles. The molecule has 0 fully saturated rings. The zero-order chi connectivity index (χ0) is 11.6. The fourth-order valence-corrected chi connectivity index (χ4v) is 1.21. The fraction of sp³-hybridized carbons (Fsp3) is 0.250. The van der Waals surface area contributed by atoms with E-state index in [9.17, 15) is 21.7 Å². The molecule has 0 aliphatic carbocycles. The van der Waals surface area contributed by atoms with Crippen LogP contribution in [0.25, 0.3) is 0 Å². The minimum atomic E-state index is -5.20. The zero-order valence-electron chi connectivity index (χ0n) is 8.68. The Morgan fingerprint density at radius 1 is 1.19 bits per heavy atom. The maximum absolute atomic E-state index is 12.4. The van der Waals surface area contributed by atoms with Crippen LogP contribution in [0.2, 0.25) is 0 Å². The molecule has 0 heterocycles. The van der Waals surface area contributed by atoms with Crippen molar-refractivity contribution in [3.05, 3.63) is 23.8 Å². The largest absolute Gasteiger partial charge is 1.00 e. The van der Waals surface area contributed by atoms with Crippen molar-refractivity contribution >= 4 is 12.4 Å². The first kappa shape index (κ1) is 16.4. The molecule has 0 spiro atoms. The van der Waals surface area contributed by atoms with E-state index in [1.807, 2.05) is 0 Å². The number of hydrogen-bond donors (Lipinski definition) is 0. The molecule has 0 aliphatic heterocycles. The van der Waals surface area contributed by atoms with E-state index in [0.717, 1.165) is 25.1 Å². The molecule has 1 aromatic rings. The summed E-state index contributed by atoms with van der Waals surface area (Å²) < 4.78 is 64.8. The molecule has 0 radical (unpaired) electrons. The van der Waals surface area contributed by atoms with E-state index in [1.54, 1.807) is 0 Å². The van der Waals surface area contributed by atoms with Gasteiger partial charge >= 0.3 is 65.0 Å². The van der Waals surface area contributed by atoms with Crippen LogP contribution in [-0.2, 0) is 0 Å². The van der Waals surface area contributed by atoms with Gasteiger partial charge in [-0.2, -0.15) is 8.78 Å². The predicted octanol–water partition coefficient (Wildman–Crippen LogP) is -0.345. The Kier molecular flexibility index (Phi) is 6.49. The van der Waals surface area contributed by atoms with Gasteiger partial charge in [0.15, 0.2) is 0 Å². The Balaban J connectivity index is 0.00000225. The summed E-state index contributed by atoms with van der Waals surface area (Å²) in [5.41, 5.74) is -1.22. The quantitative estimate of drug-likeness (QED) is 0.536. The SMILES string of the molecule is Cc1c(OC(F)F)cccc1[B-](F)(F)F.[K+]. The summed E-state index contributed by atoms with van der Waals surface area (Å²) >= 11 is 0. The van der Waals surface area contributed by atoms with E-state index in [0.29, 0.717) is 0 Å². The molecule has 0 unspecified atom stereocenters. The standard InChI is InChI=1S/C8H7BF5O.K/c1-5-6(9(12,13)14)3-2-4-7(5)15-8(10)11;/h2-4,8H,1H3;/q-1;+1. The molecule has 0 atom stereocenters. The van der Waals surface area contributed by atoms with Crippen LogP contribution in [-0.4, -0.2) is 13.6 Å². The number of rotatable bonds is 3. The van der Waals surface area contributed by atoms with Gasteiger partial charge in [0, 0.05) is 0 Å². The van der Waals surface area contributed by atoms with Crippen molar-refractivity contribution in [2.24, 2.45) is 0 Å². The molecule has 0 amide bonds.